The monoisotopic (exact) mass is 360 g/mol. The molecular formula is C17H20N4O5. The third-order valence-corrected chi connectivity index (χ3v) is 3.42. The van der Waals surface area contributed by atoms with E-state index in [2.05, 4.69) is 5.32 Å². The molecular weight excluding hydrogens is 340 g/mol. The number of hydrogen-bond acceptors (Lipinski definition) is 6. The molecule has 0 bridgehead atoms. The largest absolute Gasteiger partial charge is 0.368 e. The van der Waals surface area contributed by atoms with E-state index in [1.54, 1.807) is 37.3 Å². The van der Waals surface area contributed by atoms with Crippen molar-refractivity contribution < 1.29 is 24.0 Å². The van der Waals surface area contributed by atoms with Gasteiger partial charge >= 0.3 is 0 Å². The summed E-state index contributed by atoms with van der Waals surface area (Å²) in [5.41, 5.74) is 10.3. The summed E-state index contributed by atoms with van der Waals surface area (Å²) in [6.07, 6.45) is 0.852. The highest BCUT2D eigenvalue weighted by Crippen LogP contribution is 2.12. The zero-order chi connectivity index (χ0) is 19.7. The number of hydrogen-bond donors (Lipinski definition) is 4. The molecule has 26 heavy (non-hydrogen) atoms. The van der Waals surface area contributed by atoms with Crippen LogP contribution in [-0.2, 0) is 24.0 Å². The van der Waals surface area contributed by atoms with E-state index < -0.39 is 41.3 Å². The fourth-order valence-electron chi connectivity index (χ4n) is 2.08. The average Bonchev–Trinajstić information content (AvgIpc) is 2.63. The van der Waals surface area contributed by atoms with Crippen molar-refractivity contribution in [2.45, 2.75) is 31.8 Å². The normalized spacial score (nSPS) is 12.2. The Morgan fingerprint density at radius 2 is 1.73 bits per heavy atom. The fourth-order valence-corrected chi connectivity index (χ4v) is 2.08. The second-order valence-corrected chi connectivity index (χ2v) is 5.41. The molecule has 138 valence electrons. The predicted octanol–water partition coefficient (Wildman–Crippen LogP) is -1.14. The Hall–Kier alpha value is -3.29. The first-order valence-electron chi connectivity index (χ1n) is 7.82. The molecule has 0 aliphatic rings. The van der Waals surface area contributed by atoms with Crippen molar-refractivity contribution in [3.05, 3.63) is 41.6 Å². The van der Waals surface area contributed by atoms with Gasteiger partial charge in [0.15, 0.2) is 11.6 Å². The van der Waals surface area contributed by atoms with Gasteiger partial charge in [-0.25, -0.2) is 4.79 Å². The molecule has 1 aromatic carbocycles. The number of nitrogens with one attached hydrogen (secondary N) is 2. The molecule has 6 N–H and O–H groups in total. The van der Waals surface area contributed by atoms with Crippen molar-refractivity contribution in [3.8, 4) is 0 Å². The molecule has 3 amide bonds. The van der Waals surface area contributed by atoms with E-state index in [1.807, 2.05) is 5.32 Å². The molecule has 1 rings (SSSR count). The molecule has 0 saturated heterocycles. The van der Waals surface area contributed by atoms with Crippen LogP contribution in [0.4, 0.5) is 0 Å². The highest BCUT2D eigenvalue weighted by atomic mass is 16.2. The van der Waals surface area contributed by atoms with Crippen LogP contribution in [-0.4, -0.2) is 35.5 Å². The van der Waals surface area contributed by atoms with Crippen LogP contribution in [0, 0.1) is 0 Å². The van der Waals surface area contributed by atoms with E-state index in [0.29, 0.717) is 12.0 Å². The molecule has 0 aromatic heterocycles. The minimum absolute atomic E-state index is 0.274. The molecule has 0 spiro atoms. The second kappa shape index (κ2) is 9.87. The quantitative estimate of drug-likeness (QED) is 0.247. The maximum atomic E-state index is 12.1. The van der Waals surface area contributed by atoms with Gasteiger partial charge in [0, 0.05) is 0 Å². The first kappa shape index (κ1) is 20.8. The van der Waals surface area contributed by atoms with Crippen LogP contribution in [0.15, 0.2) is 36.0 Å². The van der Waals surface area contributed by atoms with Crippen LogP contribution < -0.4 is 22.1 Å². The van der Waals surface area contributed by atoms with E-state index in [4.69, 9.17) is 11.5 Å². The Morgan fingerprint density at radius 3 is 2.23 bits per heavy atom. The van der Waals surface area contributed by atoms with E-state index >= 15 is 0 Å². The molecule has 0 aliphatic heterocycles. The number of Topliss-reactive ketones (excluding diaryl/α,β-unsaturated/α-hetero) is 1. The molecule has 0 aliphatic carbocycles. The van der Waals surface area contributed by atoms with Crippen LogP contribution in [0.1, 0.15) is 31.4 Å². The third kappa shape index (κ3) is 5.66. The van der Waals surface area contributed by atoms with Crippen LogP contribution in [0.2, 0.25) is 0 Å². The number of carbonyl (C=O) groups excluding carboxylic acids is 5. The summed E-state index contributed by atoms with van der Waals surface area (Å²) in [6, 6.07) is 5.77. The van der Waals surface area contributed by atoms with Gasteiger partial charge < -0.3 is 22.1 Å². The number of amides is 3. The van der Waals surface area contributed by atoms with Gasteiger partial charge in [0.05, 0.1) is 6.04 Å². The lowest BCUT2D eigenvalue weighted by molar-refractivity contribution is -0.138. The van der Waals surface area contributed by atoms with Gasteiger partial charge in [-0.1, -0.05) is 43.7 Å². The summed E-state index contributed by atoms with van der Waals surface area (Å²) in [5, 5.41) is 4.07. The Labute approximate surface area is 149 Å². The summed E-state index contributed by atoms with van der Waals surface area (Å²) in [6.45, 7) is 1.78. The average molecular weight is 360 g/mol. The third-order valence-electron chi connectivity index (χ3n) is 3.42. The maximum Gasteiger partial charge on any atom is 0.294 e. The molecule has 0 heterocycles. The molecule has 2 unspecified atom stereocenters. The van der Waals surface area contributed by atoms with Crippen molar-refractivity contribution in [1.82, 2.24) is 10.6 Å². The van der Waals surface area contributed by atoms with Crippen LogP contribution in [0.3, 0.4) is 0 Å². The van der Waals surface area contributed by atoms with Gasteiger partial charge in [-0.2, -0.15) is 0 Å². The molecule has 0 fully saturated rings. The summed E-state index contributed by atoms with van der Waals surface area (Å²) in [5.74, 6) is -2.94. The van der Waals surface area contributed by atoms with Crippen LogP contribution >= 0.6 is 0 Å². The number of ketones is 1. The first-order chi connectivity index (χ1) is 12.3. The van der Waals surface area contributed by atoms with E-state index in [9.17, 15) is 24.0 Å². The maximum absolute atomic E-state index is 12.1. The molecule has 9 nitrogen and oxygen atoms in total. The smallest absolute Gasteiger partial charge is 0.294 e. The van der Waals surface area contributed by atoms with Gasteiger partial charge in [-0.3, -0.25) is 19.2 Å². The highest BCUT2D eigenvalue weighted by molar-refractivity contribution is 6.39. The number of benzene rings is 1. The van der Waals surface area contributed by atoms with Crippen molar-refractivity contribution in [3.63, 3.8) is 0 Å². The summed E-state index contributed by atoms with van der Waals surface area (Å²) < 4.78 is 0. The summed E-state index contributed by atoms with van der Waals surface area (Å²) >= 11 is 0. The zero-order valence-corrected chi connectivity index (χ0v) is 14.2. The van der Waals surface area contributed by atoms with Crippen molar-refractivity contribution in [1.29, 1.82) is 0 Å². The lowest BCUT2D eigenvalue weighted by Crippen LogP contribution is -2.46. The fraction of sp³-hybridized carbons (Fsp3) is 0.294. The summed E-state index contributed by atoms with van der Waals surface area (Å²) in [7, 11) is 0. The second-order valence-electron chi connectivity index (χ2n) is 5.41. The molecule has 0 saturated carbocycles. The van der Waals surface area contributed by atoms with E-state index in [1.165, 1.54) is 5.94 Å². The minimum Gasteiger partial charge on any atom is -0.368 e. The Balaban J connectivity index is 2.86. The van der Waals surface area contributed by atoms with Gasteiger partial charge in [0.25, 0.3) is 11.8 Å². The predicted molar refractivity (Wildman–Crippen MR) is 91.8 cm³/mol. The molecule has 0 radical (unpaired) electrons. The zero-order valence-electron chi connectivity index (χ0n) is 14.2. The Bertz CT molecular complexity index is 741. The van der Waals surface area contributed by atoms with Crippen LogP contribution in [0.25, 0.3) is 0 Å². The minimum atomic E-state index is -1.23. The van der Waals surface area contributed by atoms with Gasteiger partial charge in [-0.15, -0.1) is 0 Å². The SMILES string of the molecule is CCCC(N)C(=O)C(=O)NC(=C=O)C(=O)NC(C(N)=O)c1ccccc1. The Morgan fingerprint density at radius 1 is 1.12 bits per heavy atom. The number of carbonyl (C=O) groups is 4. The number of rotatable bonds is 9. The molecule has 2 atom stereocenters. The van der Waals surface area contributed by atoms with Gasteiger partial charge in [0.2, 0.25) is 11.7 Å². The molecule has 9 heteroatoms. The first-order valence-corrected chi connectivity index (χ1v) is 7.82. The van der Waals surface area contributed by atoms with Crippen LogP contribution in [0.5, 0.6) is 0 Å². The number of nitrogens with two attached hydrogens (primary N) is 2. The lowest BCUT2D eigenvalue weighted by atomic mass is 10.1. The topological polar surface area (TPSA) is 161 Å². The standard InChI is InChI=1S/C17H20N4O5/c1-2-6-11(18)14(23)17(26)20-12(9-22)16(25)21-13(15(19)24)10-7-4-3-5-8-10/h3-5,7-8,11,13H,2,6,18H2,1H3,(H2,19,24)(H,20,26)(H,21,25). The van der Waals surface area contributed by atoms with E-state index in [-0.39, 0.29) is 6.42 Å². The van der Waals surface area contributed by atoms with Gasteiger partial charge in [0.1, 0.15) is 6.04 Å². The highest BCUT2D eigenvalue weighted by Gasteiger charge is 2.27. The van der Waals surface area contributed by atoms with Gasteiger partial charge in [-0.05, 0) is 12.0 Å². The Kier molecular flexibility index (Phi) is 7.88. The summed E-state index contributed by atoms with van der Waals surface area (Å²) in [4.78, 5) is 58.3. The lowest BCUT2D eigenvalue weighted by Gasteiger charge is -2.16. The van der Waals surface area contributed by atoms with Crippen molar-refractivity contribution >= 4 is 29.4 Å². The van der Waals surface area contributed by atoms with E-state index in [0.717, 1.165) is 0 Å². The number of primary amides is 1. The van der Waals surface area contributed by atoms with Crippen molar-refractivity contribution in [2.75, 3.05) is 0 Å². The molecule has 1 aromatic rings. The van der Waals surface area contributed by atoms with Crippen molar-refractivity contribution in [2.24, 2.45) is 11.5 Å².